The zero-order chi connectivity index (χ0) is 31.1. The van der Waals surface area contributed by atoms with Gasteiger partial charge in [0.2, 0.25) is 17.7 Å². The van der Waals surface area contributed by atoms with Gasteiger partial charge in [0, 0.05) is 25.8 Å². The van der Waals surface area contributed by atoms with E-state index in [9.17, 15) is 24.3 Å². The molecule has 1 spiro atoms. The van der Waals surface area contributed by atoms with Crippen molar-refractivity contribution in [3.05, 3.63) is 59.9 Å². The third kappa shape index (κ3) is 7.72. The number of aromatic nitrogens is 1. The van der Waals surface area contributed by atoms with Crippen LogP contribution in [0.1, 0.15) is 43.9 Å². The van der Waals surface area contributed by atoms with E-state index in [2.05, 4.69) is 25.8 Å². The van der Waals surface area contributed by atoms with Crippen molar-refractivity contribution >= 4 is 23.6 Å². The van der Waals surface area contributed by atoms with Gasteiger partial charge in [-0.2, -0.15) is 0 Å². The first-order chi connectivity index (χ1) is 21.2. The van der Waals surface area contributed by atoms with Gasteiger partial charge in [-0.05, 0) is 87.4 Å². The van der Waals surface area contributed by atoms with E-state index < -0.39 is 48.4 Å². The number of hydrogen-bond acceptors (Lipinski definition) is 8. The molecule has 2 bridgehead atoms. The third-order valence-corrected chi connectivity index (χ3v) is 8.92. The van der Waals surface area contributed by atoms with Crippen LogP contribution in [-0.2, 0) is 32.1 Å². The first-order valence-corrected chi connectivity index (χ1v) is 15.4. The highest BCUT2D eigenvalue weighted by molar-refractivity contribution is 5.94. The van der Waals surface area contributed by atoms with Crippen molar-refractivity contribution in [1.29, 1.82) is 0 Å². The number of rotatable bonds is 3. The molecule has 5 rings (SSSR count). The lowest BCUT2D eigenvalue weighted by molar-refractivity contribution is -0.142. The highest BCUT2D eigenvalue weighted by Gasteiger charge is 2.39. The van der Waals surface area contributed by atoms with Crippen molar-refractivity contribution in [2.45, 2.75) is 63.7 Å². The van der Waals surface area contributed by atoms with Gasteiger partial charge in [0.25, 0.3) is 5.91 Å². The number of likely N-dealkylation sites (tertiary alicyclic amines) is 1. The van der Waals surface area contributed by atoms with E-state index in [1.165, 1.54) is 4.90 Å². The maximum Gasteiger partial charge on any atom is 0.258 e. The van der Waals surface area contributed by atoms with Crippen molar-refractivity contribution < 1.29 is 29.0 Å². The molecule has 3 aliphatic rings. The molecule has 1 aromatic carbocycles. The Balaban J connectivity index is 1.37. The number of benzene rings is 1. The maximum atomic E-state index is 13.3. The van der Waals surface area contributed by atoms with Crippen molar-refractivity contribution in [3.63, 3.8) is 0 Å². The Morgan fingerprint density at radius 3 is 2.59 bits per heavy atom. The summed E-state index contributed by atoms with van der Waals surface area (Å²) in [5.41, 5.74) is 1.72. The fourth-order valence-corrected chi connectivity index (χ4v) is 6.41. The van der Waals surface area contributed by atoms with Crippen LogP contribution in [0, 0.1) is 5.41 Å². The second-order valence-corrected chi connectivity index (χ2v) is 12.2. The molecule has 0 radical (unpaired) electrons. The van der Waals surface area contributed by atoms with E-state index in [0.29, 0.717) is 38.1 Å². The largest absolute Gasteiger partial charge is 0.484 e. The molecule has 4 heterocycles. The summed E-state index contributed by atoms with van der Waals surface area (Å²) in [6.07, 6.45) is 5.10. The minimum absolute atomic E-state index is 0.257. The summed E-state index contributed by atoms with van der Waals surface area (Å²) in [4.78, 5) is 60.7. The molecule has 12 nitrogen and oxygen atoms in total. The predicted octanol–water partition coefficient (Wildman–Crippen LogP) is 0.388. The van der Waals surface area contributed by atoms with Crippen LogP contribution in [0.5, 0.6) is 5.75 Å². The molecule has 236 valence electrons. The van der Waals surface area contributed by atoms with Crippen LogP contribution in [0.25, 0.3) is 0 Å². The summed E-state index contributed by atoms with van der Waals surface area (Å²) in [6.45, 7) is 3.82. The average Bonchev–Trinajstić information content (AvgIpc) is 3.53. The Labute approximate surface area is 257 Å². The number of hydrogen-bond donors (Lipinski definition) is 4. The molecule has 1 aromatic heterocycles. The first-order valence-electron chi connectivity index (χ1n) is 15.4. The Morgan fingerprint density at radius 1 is 1.02 bits per heavy atom. The lowest BCUT2D eigenvalue weighted by Crippen LogP contribution is -2.57. The molecular formula is C32H42N6O6. The highest BCUT2D eigenvalue weighted by atomic mass is 16.5. The standard InChI is InChI=1S/C32H42N6O6/c1-22-31(43)38-13-5-9-27(38)30(42)36-26(19-39)29(41)34-21-32(10-14-37(15-11-32)18-24-7-2-3-12-33-24)17-23-6-4-8-25(16-23)44-20-28(40)35-22/h2-4,6-8,12,16,22,26-27,39H,5,9-11,13-15,17-21H2,1H3,(H,34,41)(H,35,40)(H,36,42)/t22-,26-,27-/m0/s1. The second-order valence-electron chi connectivity index (χ2n) is 12.2. The van der Waals surface area contributed by atoms with Gasteiger partial charge in [0.15, 0.2) is 6.61 Å². The van der Waals surface area contributed by atoms with Gasteiger partial charge in [-0.1, -0.05) is 18.2 Å². The SMILES string of the molecule is C[C@@H]1NC(=O)COc2cccc(c2)CC2(CCN(Cc3ccccn3)CC2)CNC(=O)[C@H](CO)NC(=O)[C@@H]2CCCN2C1=O. The summed E-state index contributed by atoms with van der Waals surface area (Å²) >= 11 is 0. The number of piperidine rings is 1. The van der Waals surface area contributed by atoms with Crippen LogP contribution in [0.2, 0.25) is 0 Å². The number of carbonyl (C=O) groups excluding carboxylic acids is 4. The van der Waals surface area contributed by atoms with E-state index in [0.717, 1.165) is 43.7 Å². The van der Waals surface area contributed by atoms with Crippen molar-refractivity contribution in [2.24, 2.45) is 5.41 Å². The molecule has 2 fully saturated rings. The number of ether oxygens (including phenoxy) is 1. The number of fused-ring (bicyclic) bond motifs is 3. The zero-order valence-electron chi connectivity index (χ0n) is 25.2. The smallest absolute Gasteiger partial charge is 0.258 e. The van der Waals surface area contributed by atoms with Gasteiger partial charge in [-0.25, -0.2) is 0 Å². The molecule has 3 aliphatic heterocycles. The lowest BCUT2D eigenvalue weighted by atomic mass is 9.73. The molecular weight excluding hydrogens is 564 g/mol. The van der Waals surface area contributed by atoms with Gasteiger partial charge in [0.05, 0.1) is 12.3 Å². The monoisotopic (exact) mass is 606 g/mol. The maximum absolute atomic E-state index is 13.3. The van der Waals surface area contributed by atoms with E-state index >= 15 is 0 Å². The number of pyridine rings is 1. The van der Waals surface area contributed by atoms with Gasteiger partial charge >= 0.3 is 0 Å². The lowest BCUT2D eigenvalue weighted by Gasteiger charge is -2.42. The van der Waals surface area contributed by atoms with Crippen LogP contribution in [0.4, 0.5) is 0 Å². The Bertz CT molecular complexity index is 1330. The summed E-state index contributed by atoms with van der Waals surface area (Å²) in [5, 5.41) is 18.4. The predicted molar refractivity (Wildman–Crippen MR) is 161 cm³/mol. The molecule has 4 N–H and O–H groups in total. The Kier molecular flexibility index (Phi) is 10.1. The third-order valence-electron chi connectivity index (χ3n) is 8.92. The number of amides is 4. The van der Waals surface area contributed by atoms with E-state index in [1.807, 2.05) is 36.4 Å². The van der Waals surface area contributed by atoms with E-state index in [-0.39, 0.29) is 12.0 Å². The van der Waals surface area contributed by atoms with E-state index in [4.69, 9.17) is 4.74 Å². The number of nitrogens with one attached hydrogen (secondary N) is 3. The summed E-state index contributed by atoms with van der Waals surface area (Å²) in [5.74, 6) is -1.27. The minimum atomic E-state index is -1.16. The fraction of sp³-hybridized carbons (Fsp3) is 0.531. The number of aliphatic hydroxyl groups excluding tert-OH is 1. The molecule has 3 atom stereocenters. The highest BCUT2D eigenvalue weighted by Crippen LogP contribution is 2.36. The molecule has 2 aromatic rings. The van der Waals surface area contributed by atoms with Crippen molar-refractivity contribution in [2.75, 3.05) is 39.4 Å². The molecule has 0 unspecified atom stereocenters. The molecule has 2 saturated heterocycles. The van der Waals surface area contributed by atoms with Gasteiger partial charge in [-0.3, -0.25) is 29.1 Å². The second kappa shape index (κ2) is 14.2. The van der Waals surface area contributed by atoms with Crippen molar-refractivity contribution in [1.82, 2.24) is 30.7 Å². The quantitative estimate of drug-likeness (QED) is 0.392. The number of carbonyl (C=O) groups is 4. The van der Waals surface area contributed by atoms with Crippen molar-refractivity contribution in [3.8, 4) is 5.75 Å². The molecule has 0 saturated carbocycles. The molecule has 4 amide bonds. The summed E-state index contributed by atoms with van der Waals surface area (Å²) in [6, 6.07) is 10.7. The topological polar surface area (TPSA) is 153 Å². The molecule has 12 heteroatoms. The molecule has 0 aliphatic carbocycles. The first kappa shape index (κ1) is 31.4. The Morgan fingerprint density at radius 2 is 1.84 bits per heavy atom. The van der Waals surface area contributed by atoms with Gasteiger partial charge < -0.3 is 30.7 Å². The van der Waals surface area contributed by atoms with Crippen LogP contribution in [-0.4, -0.2) is 101 Å². The van der Waals surface area contributed by atoms with E-state index in [1.54, 1.807) is 19.2 Å². The fourth-order valence-electron chi connectivity index (χ4n) is 6.41. The number of aliphatic hydroxyl groups is 1. The normalized spacial score (nSPS) is 25.5. The average molecular weight is 607 g/mol. The molecule has 44 heavy (non-hydrogen) atoms. The zero-order valence-corrected chi connectivity index (χ0v) is 25.2. The van der Waals surface area contributed by atoms with Crippen LogP contribution < -0.4 is 20.7 Å². The van der Waals surface area contributed by atoms with Gasteiger partial charge in [-0.15, -0.1) is 0 Å². The van der Waals surface area contributed by atoms with Crippen LogP contribution in [0.3, 0.4) is 0 Å². The Hall–Kier alpha value is -4.03. The van der Waals surface area contributed by atoms with Crippen LogP contribution >= 0.6 is 0 Å². The summed E-state index contributed by atoms with van der Waals surface area (Å²) in [7, 11) is 0. The number of nitrogens with zero attached hydrogens (tertiary/aromatic N) is 3. The minimum Gasteiger partial charge on any atom is -0.484 e. The van der Waals surface area contributed by atoms with Gasteiger partial charge in [0.1, 0.15) is 23.9 Å². The van der Waals surface area contributed by atoms with Crippen LogP contribution in [0.15, 0.2) is 48.7 Å². The summed E-state index contributed by atoms with van der Waals surface area (Å²) < 4.78 is 5.80.